The third kappa shape index (κ3) is 1.52. The molecule has 0 amide bonds. The van der Waals surface area contributed by atoms with Crippen LogP contribution in [0.25, 0.3) is 0 Å². The molecule has 1 aliphatic heterocycles. The van der Waals surface area contributed by atoms with Crippen LogP contribution >= 0.6 is 0 Å². The Kier molecular flexibility index (Phi) is 2.49. The van der Waals surface area contributed by atoms with Crippen molar-refractivity contribution in [2.45, 2.75) is 39.7 Å². The van der Waals surface area contributed by atoms with Gasteiger partial charge >= 0.3 is 0 Å². The Morgan fingerprint density at radius 2 is 2.07 bits per heavy atom. The lowest BCUT2D eigenvalue weighted by Gasteiger charge is -2.35. The van der Waals surface area contributed by atoms with Crippen molar-refractivity contribution in [3.05, 3.63) is 29.3 Å². The van der Waals surface area contributed by atoms with Gasteiger partial charge in [0.15, 0.2) is 0 Å². The summed E-state index contributed by atoms with van der Waals surface area (Å²) in [4.78, 5) is 2.52. The molecule has 0 aliphatic carbocycles. The van der Waals surface area contributed by atoms with Crippen LogP contribution in [0.5, 0.6) is 0 Å². The lowest BCUT2D eigenvalue weighted by atomic mass is 9.96. The van der Waals surface area contributed by atoms with Crippen molar-refractivity contribution in [3.63, 3.8) is 0 Å². The molecule has 76 valence electrons. The first-order valence-electron chi connectivity index (χ1n) is 5.55. The molecule has 0 fully saturated rings. The number of aryl methyl sites for hydroxylation is 1. The van der Waals surface area contributed by atoms with Crippen molar-refractivity contribution < 1.29 is 0 Å². The number of benzene rings is 1. The maximum Gasteiger partial charge on any atom is 0.0403 e. The van der Waals surface area contributed by atoms with Crippen LogP contribution in [0.15, 0.2) is 18.2 Å². The molecule has 0 aromatic heterocycles. The van der Waals surface area contributed by atoms with Gasteiger partial charge in [0.1, 0.15) is 0 Å². The summed E-state index contributed by atoms with van der Waals surface area (Å²) >= 11 is 0. The molecular formula is C13H19N. The first-order chi connectivity index (χ1) is 6.70. The van der Waals surface area contributed by atoms with E-state index in [9.17, 15) is 0 Å². The van der Waals surface area contributed by atoms with Crippen molar-refractivity contribution in [2.24, 2.45) is 0 Å². The lowest BCUT2D eigenvalue weighted by molar-refractivity contribution is 0.624. The van der Waals surface area contributed by atoms with Crippen molar-refractivity contribution in [2.75, 3.05) is 11.4 Å². The zero-order valence-corrected chi connectivity index (χ0v) is 9.38. The fourth-order valence-corrected chi connectivity index (χ4v) is 2.36. The number of rotatable bonds is 1. The molecule has 1 nitrogen and oxygen atoms in total. The molecule has 1 heterocycles. The van der Waals surface area contributed by atoms with E-state index in [1.165, 1.54) is 30.6 Å². The quantitative estimate of drug-likeness (QED) is 0.656. The zero-order chi connectivity index (χ0) is 10.1. The van der Waals surface area contributed by atoms with E-state index >= 15 is 0 Å². The first-order valence-corrected chi connectivity index (χ1v) is 5.55. The van der Waals surface area contributed by atoms with Crippen LogP contribution in [-0.2, 0) is 6.42 Å². The maximum atomic E-state index is 2.52. The van der Waals surface area contributed by atoms with Gasteiger partial charge in [0.2, 0.25) is 0 Å². The van der Waals surface area contributed by atoms with E-state index in [2.05, 4.69) is 43.9 Å². The standard InChI is InChI=1S/C13H19N/c1-10(2)14-9-5-7-12-11(3)6-4-8-13(12)14/h4,6,8,10H,5,7,9H2,1-3H3. The largest absolute Gasteiger partial charge is 0.369 e. The lowest BCUT2D eigenvalue weighted by Crippen LogP contribution is -2.35. The highest BCUT2D eigenvalue weighted by Gasteiger charge is 2.19. The normalized spacial score (nSPS) is 15.9. The van der Waals surface area contributed by atoms with E-state index in [1.54, 1.807) is 5.56 Å². The summed E-state index contributed by atoms with van der Waals surface area (Å²) in [5.41, 5.74) is 4.48. The van der Waals surface area contributed by atoms with Gasteiger partial charge in [-0.2, -0.15) is 0 Å². The Morgan fingerprint density at radius 3 is 2.79 bits per heavy atom. The van der Waals surface area contributed by atoms with Gasteiger partial charge in [-0.1, -0.05) is 12.1 Å². The highest BCUT2D eigenvalue weighted by molar-refractivity contribution is 5.58. The smallest absolute Gasteiger partial charge is 0.0403 e. The Labute approximate surface area is 86.7 Å². The van der Waals surface area contributed by atoms with E-state index < -0.39 is 0 Å². The van der Waals surface area contributed by atoms with Gasteiger partial charge in [-0.15, -0.1) is 0 Å². The Bertz CT molecular complexity index is 328. The SMILES string of the molecule is Cc1cccc2c1CCCN2C(C)C. The highest BCUT2D eigenvalue weighted by atomic mass is 15.2. The molecule has 0 bridgehead atoms. The van der Waals surface area contributed by atoms with Gasteiger partial charge < -0.3 is 4.90 Å². The molecule has 0 saturated carbocycles. The third-order valence-electron chi connectivity index (χ3n) is 3.14. The zero-order valence-electron chi connectivity index (χ0n) is 9.38. The molecule has 0 atom stereocenters. The van der Waals surface area contributed by atoms with Crippen molar-refractivity contribution >= 4 is 5.69 Å². The summed E-state index contributed by atoms with van der Waals surface area (Å²) < 4.78 is 0. The minimum Gasteiger partial charge on any atom is -0.369 e. The van der Waals surface area contributed by atoms with Gasteiger partial charge in [0, 0.05) is 18.3 Å². The number of fused-ring (bicyclic) bond motifs is 1. The molecule has 0 saturated heterocycles. The summed E-state index contributed by atoms with van der Waals surface area (Å²) in [6, 6.07) is 7.29. The van der Waals surface area contributed by atoms with Crippen LogP contribution in [0.1, 0.15) is 31.4 Å². The average molecular weight is 189 g/mol. The molecule has 1 aromatic rings. The van der Waals surface area contributed by atoms with Crippen molar-refractivity contribution in [1.29, 1.82) is 0 Å². The fraction of sp³-hybridized carbons (Fsp3) is 0.538. The molecule has 14 heavy (non-hydrogen) atoms. The molecule has 0 spiro atoms. The van der Waals surface area contributed by atoms with Crippen LogP contribution in [0.4, 0.5) is 5.69 Å². The Balaban J connectivity index is 2.44. The van der Waals surface area contributed by atoms with Gasteiger partial charge in [0.05, 0.1) is 0 Å². The van der Waals surface area contributed by atoms with Crippen molar-refractivity contribution in [1.82, 2.24) is 0 Å². The van der Waals surface area contributed by atoms with Crippen LogP contribution in [0.2, 0.25) is 0 Å². The van der Waals surface area contributed by atoms with Gasteiger partial charge in [-0.05, 0) is 50.8 Å². The number of hydrogen-bond donors (Lipinski definition) is 0. The van der Waals surface area contributed by atoms with Crippen LogP contribution in [0.3, 0.4) is 0 Å². The fourth-order valence-electron chi connectivity index (χ4n) is 2.36. The van der Waals surface area contributed by atoms with Crippen LogP contribution in [0, 0.1) is 6.92 Å². The number of nitrogens with zero attached hydrogens (tertiary/aromatic N) is 1. The molecule has 1 heteroatoms. The van der Waals surface area contributed by atoms with E-state index in [-0.39, 0.29) is 0 Å². The molecule has 1 aromatic carbocycles. The third-order valence-corrected chi connectivity index (χ3v) is 3.14. The summed E-state index contributed by atoms with van der Waals surface area (Å²) in [5.74, 6) is 0. The second-order valence-corrected chi connectivity index (χ2v) is 4.46. The van der Waals surface area contributed by atoms with E-state index in [0.29, 0.717) is 6.04 Å². The summed E-state index contributed by atoms with van der Waals surface area (Å²) in [6.45, 7) is 7.99. The summed E-state index contributed by atoms with van der Waals surface area (Å²) in [5, 5.41) is 0. The van der Waals surface area contributed by atoms with E-state index in [0.717, 1.165) is 0 Å². The minimum atomic E-state index is 0.621. The summed E-state index contributed by atoms with van der Waals surface area (Å²) in [6.07, 6.45) is 2.56. The predicted molar refractivity (Wildman–Crippen MR) is 62.0 cm³/mol. The number of anilines is 1. The maximum absolute atomic E-state index is 2.52. The van der Waals surface area contributed by atoms with E-state index in [1.807, 2.05) is 0 Å². The highest BCUT2D eigenvalue weighted by Crippen LogP contribution is 2.30. The predicted octanol–water partition coefficient (Wildman–Crippen LogP) is 3.16. The monoisotopic (exact) mass is 189 g/mol. The van der Waals surface area contributed by atoms with Crippen molar-refractivity contribution in [3.8, 4) is 0 Å². The molecular weight excluding hydrogens is 170 g/mol. The molecule has 0 radical (unpaired) electrons. The topological polar surface area (TPSA) is 3.24 Å². The van der Waals surface area contributed by atoms with Gasteiger partial charge in [-0.3, -0.25) is 0 Å². The molecule has 2 rings (SSSR count). The molecule has 0 N–H and O–H groups in total. The minimum absolute atomic E-state index is 0.621. The molecule has 0 unspecified atom stereocenters. The van der Waals surface area contributed by atoms with Gasteiger partial charge in [-0.25, -0.2) is 0 Å². The second-order valence-electron chi connectivity index (χ2n) is 4.46. The number of hydrogen-bond acceptors (Lipinski definition) is 1. The molecule has 1 aliphatic rings. The van der Waals surface area contributed by atoms with E-state index in [4.69, 9.17) is 0 Å². The average Bonchev–Trinajstić information content (AvgIpc) is 2.17. The summed E-state index contributed by atoms with van der Waals surface area (Å²) in [7, 11) is 0. The Morgan fingerprint density at radius 1 is 1.29 bits per heavy atom. The first kappa shape index (κ1) is 9.57. The van der Waals surface area contributed by atoms with Crippen LogP contribution < -0.4 is 4.90 Å². The van der Waals surface area contributed by atoms with Gasteiger partial charge in [0.25, 0.3) is 0 Å². The van der Waals surface area contributed by atoms with Crippen LogP contribution in [-0.4, -0.2) is 12.6 Å². The Hall–Kier alpha value is -0.980. The second kappa shape index (κ2) is 3.64.